The topological polar surface area (TPSA) is 86.0 Å². The first-order valence-corrected chi connectivity index (χ1v) is 15.5. The summed E-state index contributed by atoms with van der Waals surface area (Å²) in [4.78, 5) is 19.5. The predicted molar refractivity (Wildman–Crippen MR) is 133 cm³/mol. The van der Waals surface area contributed by atoms with Crippen LogP contribution in [0.1, 0.15) is 5.56 Å². The summed E-state index contributed by atoms with van der Waals surface area (Å²) in [6.07, 6.45) is 7.81. The summed E-state index contributed by atoms with van der Waals surface area (Å²) >= 11 is 5.92. The number of fused-ring (bicyclic) bond motifs is 1. The standard InChI is InChI=1S/C24H27ClN6O2Si/c1-34(2,3)9-8-33-15-30-23(12-20(29-30)17-6-7-27-28-14-17)31-21-11-18(21)19(24(31)32)10-16-4-5-22(25)26-13-16/h4-7,11-14,18-19H,8-10,15H2,1-3H3. The number of nitrogens with zero attached hydrogens (tertiary/aromatic N) is 6. The van der Waals surface area contributed by atoms with E-state index in [0.29, 0.717) is 18.2 Å². The third kappa shape index (κ3) is 4.82. The van der Waals surface area contributed by atoms with E-state index in [9.17, 15) is 4.79 Å². The molecule has 3 aromatic rings. The summed E-state index contributed by atoms with van der Waals surface area (Å²) in [6.45, 7) is 7.92. The zero-order valence-corrected chi connectivity index (χ0v) is 21.2. The molecular weight excluding hydrogens is 468 g/mol. The lowest BCUT2D eigenvalue weighted by Gasteiger charge is -2.20. The Labute approximate surface area is 204 Å². The minimum Gasteiger partial charge on any atom is -0.359 e. The van der Waals surface area contributed by atoms with Crippen molar-refractivity contribution in [3.05, 3.63) is 65.3 Å². The fourth-order valence-electron chi connectivity index (χ4n) is 4.16. The van der Waals surface area contributed by atoms with Crippen LogP contribution in [0.25, 0.3) is 11.3 Å². The van der Waals surface area contributed by atoms with Crippen LogP contribution in [-0.4, -0.2) is 45.5 Å². The molecule has 2 aliphatic rings. The molecule has 0 aromatic carbocycles. The van der Waals surface area contributed by atoms with Crippen LogP contribution in [0.4, 0.5) is 5.82 Å². The number of carbonyl (C=O) groups is 1. The van der Waals surface area contributed by atoms with Crippen molar-refractivity contribution in [2.24, 2.45) is 11.8 Å². The van der Waals surface area contributed by atoms with Crippen LogP contribution in [0.3, 0.4) is 0 Å². The second-order valence-corrected chi connectivity index (χ2v) is 16.0. The van der Waals surface area contributed by atoms with Gasteiger partial charge in [-0.3, -0.25) is 9.69 Å². The van der Waals surface area contributed by atoms with E-state index in [1.165, 1.54) is 0 Å². The van der Waals surface area contributed by atoms with Gasteiger partial charge in [-0.05, 0) is 30.2 Å². The Bertz CT molecular complexity index is 1220. The molecule has 5 rings (SSSR count). The van der Waals surface area contributed by atoms with Gasteiger partial charge in [-0.2, -0.15) is 15.3 Å². The highest BCUT2D eigenvalue weighted by atomic mass is 35.5. The number of hydrogen-bond donors (Lipinski definition) is 0. The zero-order valence-electron chi connectivity index (χ0n) is 19.5. The first kappa shape index (κ1) is 22.9. The normalized spacial score (nSPS) is 19.4. The van der Waals surface area contributed by atoms with Gasteiger partial charge < -0.3 is 4.74 Å². The van der Waals surface area contributed by atoms with E-state index in [4.69, 9.17) is 21.4 Å². The average Bonchev–Trinajstić information content (AvgIpc) is 3.38. The number of halogens is 1. The smallest absolute Gasteiger partial charge is 0.236 e. The Hall–Kier alpha value is -2.88. The maximum absolute atomic E-state index is 13.5. The lowest BCUT2D eigenvalue weighted by atomic mass is 9.95. The number of aromatic nitrogens is 5. The minimum atomic E-state index is -1.20. The Morgan fingerprint density at radius 2 is 2.00 bits per heavy atom. The van der Waals surface area contributed by atoms with Gasteiger partial charge in [-0.1, -0.05) is 43.4 Å². The van der Waals surface area contributed by atoms with Crippen LogP contribution < -0.4 is 4.90 Å². The summed E-state index contributed by atoms with van der Waals surface area (Å²) in [7, 11) is -1.20. The van der Waals surface area contributed by atoms with Gasteiger partial charge in [0.05, 0.1) is 24.0 Å². The fraction of sp³-hybridized carbons (Fsp3) is 0.375. The van der Waals surface area contributed by atoms with Gasteiger partial charge in [0, 0.05) is 44.1 Å². The Morgan fingerprint density at radius 1 is 1.15 bits per heavy atom. The summed E-state index contributed by atoms with van der Waals surface area (Å²) in [5, 5.41) is 13.0. The molecule has 4 heterocycles. The van der Waals surface area contributed by atoms with E-state index in [0.717, 1.165) is 34.4 Å². The van der Waals surface area contributed by atoms with E-state index in [-0.39, 0.29) is 24.5 Å². The second-order valence-electron chi connectivity index (χ2n) is 9.96. The molecule has 2 atom stereocenters. The third-order valence-corrected chi connectivity index (χ3v) is 8.06. The van der Waals surface area contributed by atoms with Crippen LogP contribution in [0.5, 0.6) is 0 Å². The van der Waals surface area contributed by atoms with E-state index in [1.54, 1.807) is 34.2 Å². The van der Waals surface area contributed by atoms with Crippen LogP contribution in [-0.2, 0) is 22.7 Å². The first-order valence-electron chi connectivity index (χ1n) is 11.4. The number of rotatable bonds is 9. The molecule has 0 bridgehead atoms. The molecule has 0 spiro atoms. The first-order chi connectivity index (χ1) is 16.3. The Balaban J connectivity index is 1.39. The van der Waals surface area contributed by atoms with Crippen molar-refractivity contribution in [3.8, 4) is 11.3 Å². The number of amides is 1. The van der Waals surface area contributed by atoms with Crippen LogP contribution in [0, 0.1) is 11.8 Å². The van der Waals surface area contributed by atoms with Gasteiger partial charge in [0.25, 0.3) is 0 Å². The maximum Gasteiger partial charge on any atom is 0.236 e. The largest absolute Gasteiger partial charge is 0.359 e. The summed E-state index contributed by atoms with van der Waals surface area (Å²) < 4.78 is 7.77. The number of anilines is 1. The van der Waals surface area contributed by atoms with Crippen molar-refractivity contribution >= 4 is 31.4 Å². The highest BCUT2D eigenvalue weighted by Gasteiger charge is 2.52. The van der Waals surface area contributed by atoms with E-state index < -0.39 is 8.07 Å². The molecule has 10 heteroatoms. The molecular formula is C24H27ClN6O2Si. The SMILES string of the molecule is C[Si](C)(C)CCOCn1nc(-c2ccnnc2)cc1N1C(=O)C(Cc2ccc(Cl)nc2)C2C=C21. The second kappa shape index (κ2) is 9.05. The van der Waals surface area contributed by atoms with Gasteiger partial charge in [-0.15, -0.1) is 0 Å². The van der Waals surface area contributed by atoms with Crippen LogP contribution in [0.15, 0.2) is 54.6 Å². The summed E-state index contributed by atoms with van der Waals surface area (Å²) in [6, 6.07) is 8.55. The van der Waals surface area contributed by atoms with E-state index >= 15 is 0 Å². The Kier molecular flexibility index (Phi) is 6.09. The molecule has 34 heavy (non-hydrogen) atoms. The average molecular weight is 495 g/mol. The molecule has 0 saturated carbocycles. The van der Waals surface area contributed by atoms with Crippen molar-refractivity contribution in [1.29, 1.82) is 0 Å². The number of hydrogen-bond acceptors (Lipinski definition) is 6. The van der Waals surface area contributed by atoms with Crippen molar-refractivity contribution in [2.75, 3.05) is 11.5 Å². The fourth-order valence-corrected chi connectivity index (χ4v) is 5.03. The molecule has 1 amide bonds. The Morgan fingerprint density at radius 3 is 2.71 bits per heavy atom. The van der Waals surface area contributed by atoms with Gasteiger partial charge in [0.2, 0.25) is 5.91 Å². The molecule has 8 nitrogen and oxygen atoms in total. The number of carbonyl (C=O) groups excluding carboxylic acids is 1. The van der Waals surface area contributed by atoms with Crippen molar-refractivity contribution in [2.45, 2.75) is 38.8 Å². The van der Waals surface area contributed by atoms with Gasteiger partial charge in [-0.25, -0.2) is 9.67 Å². The molecule has 0 N–H and O–H groups in total. The summed E-state index contributed by atoms with van der Waals surface area (Å²) in [5.41, 5.74) is 3.60. The van der Waals surface area contributed by atoms with Crippen molar-refractivity contribution in [3.63, 3.8) is 0 Å². The molecule has 1 aliphatic heterocycles. The molecule has 2 unspecified atom stereocenters. The third-order valence-electron chi connectivity index (χ3n) is 6.13. The number of pyridine rings is 1. The van der Waals surface area contributed by atoms with Gasteiger partial charge in [0.15, 0.2) is 0 Å². The molecule has 1 fully saturated rings. The minimum absolute atomic E-state index is 0.0695. The molecule has 3 aromatic heterocycles. The summed E-state index contributed by atoms with van der Waals surface area (Å²) in [5.74, 6) is 0.779. The molecule has 1 saturated heterocycles. The molecule has 176 valence electrons. The number of allylic oxidation sites excluding steroid dienone is 2. The predicted octanol–water partition coefficient (Wildman–Crippen LogP) is 4.42. The highest BCUT2D eigenvalue weighted by molar-refractivity contribution is 6.76. The lowest BCUT2D eigenvalue weighted by molar-refractivity contribution is -0.120. The lowest BCUT2D eigenvalue weighted by Crippen LogP contribution is -2.30. The maximum atomic E-state index is 13.5. The van der Waals surface area contributed by atoms with Gasteiger partial charge >= 0.3 is 0 Å². The van der Waals surface area contributed by atoms with Crippen LogP contribution >= 0.6 is 11.6 Å². The zero-order chi connectivity index (χ0) is 23.9. The number of ether oxygens (including phenoxy) is 1. The van der Waals surface area contributed by atoms with Gasteiger partial charge in [0.1, 0.15) is 17.7 Å². The quantitative estimate of drug-likeness (QED) is 0.248. The van der Waals surface area contributed by atoms with E-state index in [2.05, 4.69) is 40.9 Å². The van der Waals surface area contributed by atoms with E-state index in [1.807, 2.05) is 18.2 Å². The monoisotopic (exact) mass is 494 g/mol. The van der Waals surface area contributed by atoms with Crippen molar-refractivity contribution < 1.29 is 9.53 Å². The van der Waals surface area contributed by atoms with Crippen LogP contribution in [0.2, 0.25) is 30.8 Å². The highest BCUT2D eigenvalue weighted by Crippen LogP contribution is 2.50. The molecule has 0 radical (unpaired) electrons. The van der Waals surface area contributed by atoms with Crippen molar-refractivity contribution in [1.82, 2.24) is 25.0 Å². The molecule has 1 aliphatic carbocycles.